The number of aromatic carboxylic acids is 1. The number of anilines is 3. The first-order valence-corrected chi connectivity index (χ1v) is 9.20. The van der Waals surface area contributed by atoms with Gasteiger partial charge >= 0.3 is 5.97 Å². The van der Waals surface area contributed by atoms with Crippen LogP contribution in [0.15, 0.2) is 39.9 Å². The van der Waals surface area contributed by atoms with E-state index in [9.17, 15) is 29.1 Å². The molecule has 0 radical (unpaired) electrons. The predicted octanol–water partition coefficient (Wildman–Crippen LogP) is -1.23. The Kier molecular flexibility index (Phi) is 5.02. The van der Waals surface area contributed by atoms with E-state index in [0.29, 0.717) is 11.3 Å². The van der Waals surface area contributed by atoms with Gasteiger partial charge in [0.2, 0.25) is 0 Å². The number of rotatable bonds is 7. The molecule has 0 atom stereocenters. The first-order chi connectivity index (χ1) is 15.7. The average molecular weight is 450 g/mol. The van der Waals surface area contributed by atoms with Crippen LogP contribution in [-0.2, 0) is 6.54 Å². The lowest BCUT2D eigenvalue weighted by Crippen LogP contribution is -2.36. The second kappa shape index (κ2) is 7.84. The predicted molar refractivity (Wildman–Crippen MR) is 113 cm³/mol. The highest BCUT2D eigenvalue weighted by molar-refractivity contribution is 6.00. The molecule has 14 nitrogen and oxygen atoms in total. The number of hydrogen-bond acceptors (Lipinski definition) is 10. The van der Waals surface area contributed by atoms with Gasteiger partial charge in [-0.2, -0.15) is 4.52 Å². The number of nitrogens with one attached hydrogen (secondary N) is 2. The third-order valence-electron chi connectivity index (χ3n) is 4.66. The fourth-order valence-corrected chi connectivity index (χ4v) is 3.01. The number of aromatic nitrogens is 4. The summed E-state index contributed by atoms with van der Waals surface area (Å²) >= 11 is 0. The van der Waals surface area contributed by atoms with Gasteiger partial charge in [-0.3, -0.25) is 19.2 Å². The summed E-state index contributed by atoms with van der Waals surface area (Å²) in [6.45, 7) is 0.00517. The molecule has 7 N–H and O–H groups in total. The van der Waals surface area contributed by atoms with Crippen LogP contribution >= 0.6 is 0 Å². The molecule has 2 heterocycles. The molecule has 0 aliphatic rings. The number of hydrogen-bond donors (Lipinski definition) is 5. The van der Waals surface area contributed by atoms with E-state index in [1.807, 2.05) is 0 Å². The summed E-state index contributed by atoms with van der Waals surface area (Å²) in [5.41, 5.74) is 8.75. The van der Waals surface area contributed by atoms with Crippen molar-refractivity contribution in [1.29, 1.82) is 0 Å². The van der Waals surface area contributed by atoms with Gasteiger partial charge in [0.1, 0.15) is 17.1 Å². The fourth-order valence-electron chi connectivity index (χ4n) is 3.01. The first kappa shape index (κ1) is 21.1. The third-order valence-corrected chi connectivity index (χ3v) is 4.66. The summed E-state index contributed by atoms with van der Waals surface area (Å²) in [6, 6.07) is 7.56. The van der Waals surface area contributed by atoms with Gasteiger partial charge in [0.15, 0.2) is 17.0 Å². The molecule has 2 aromatic heterocycles. The molecule has 166 valence electrons. The number of benzene rings is 1. The Morgan fingerprint density at radius 1 is 1.12 bits per heavy atom. The lowest BCUT2D eigenvalue weighted by atomic mass is 10.1. The fraction of sp³-hybridized carbons (Fsp3) is 0.0526. The third kappa shape index (κ3) is 3.71. The van der Waals surface area contributed by atoms with E-state index in [-0.39, 0.29) is 35.0 Å². The van der Waals surface area contributed by atoms with Gasteiger partial charge in [0.25, 0.3) is 22.7 Å². The lowest BCUT2D eigenvalue weighted by Gasteiger charge is -2.11. The molecule has 33 heavy (non-hydrogen) atoms. The van der Waals surface area contributed by atoms with E-state index in [2.05, 4.69) is 25.9 Å². The molecule has 0 aliphatic carbocycles. The van der Waals surface area contributed by atoms with Crippen molar-refractivity contribution in [3.8, 4) is 0 Å². The topological polar surface area (TPSA) is 225 Å². The Hall–Kier alpha value is -5.14. The number of carbonyl (C=O) groups excluding carboxylic acids is 2. The van der Waals surface area contributed by atoms with Crippen LogP contribution in [0.5, 0.6) is 0 Å². The zero-order chi connectivity index (χ0) is 23.9. The van der Waals surface area contributed by atoms with Crippen LogP contribution in [0.4, 0.5) is 17.1 Å². The highest BCUT2D eigenvalue weighted by Gasteiger charge is 2.22. The molecule has 2 amide bonds. The first-order valence-electron chi connectivity index (χ1n) is 9.20. The van der Waals surface area contributed by atoms with E-state index in [1.165, 1.54) is 0 Å². The van der Waals surface area contributed by atoms with Crippen molar-refractivity contribution in [2.45, 2.75) is 6.54 Å². The Balaban J connectivity index is 1.55. The maximum absolute atomic E-state index is 12.6. The summed E-state index contributed by atoms with van der Waals surface area (Å²) in [6.07, 6.45) is 0. The standard InChI is InChI=1S/C19H14N8O6/c20-11-12(15(29)14(11)28)23-8-3-1-2-7(4-8)6-22-18(31)9-5-10(19(32)33)27-17(24-9)13(16(21)30)25-26-27/h1-5,23H,6,20H2,(H2,21,30)(H,22,31)(H,32,33). The number of primary amides is 1. The number of carboxylic acid groups (broad SMARTS) is 1. The van der Waals surface area contributed by atoms with Gasteiger partial charge in [0, 0.05) is 18.3 Å². The van der Waals surface area contributed by atoms with Crippen molar-refractivity contribution in [3.63, 3.8) is 0 Å². The molecule has 14 heteroatoms. The SMILES string of the molecule is NC(=O)c1nnn2c(C(=O)O)cc(C(=O)NCc3cccc(Nc4c(N)c(=O)c4=O)c3)nc12. The zero-order valence-electron chi connectivity index (χ0n) is 16.5. The number of amides is 2. The van der Waals surface area contributed by atoms with Gasteiger partial charge in [-0.1, -0.05) is 17.3 Å². The van der Waals surface area contributed by atoms with E-state index >= 15 is 0 Å². The molecule has 0 bridgehead atoms. The van der Waals surface area contributed by atoms with Crippen molar-refractivity contribution in [1.82, 2.24) is 25.1 Å². The van der Waals surface area contributed by atoms with E-state index < -0.39 is 34.3 Å². The van der Waals surface area contributed by atoms with E-state index in [4.69, 9.17) is 11.5 Å². The van der Waals surface area contributed by atoms with Crippen LogP contribution < -0.4 is 33.0 Å². The van der Waals surface area contributed by atoms with Gasteiger partial charge < -0.3 is 27.2 Å². The number of nitrogens with zero attached hydrogens (tertiary/aromatic N) is 4. The molecular formula is C19H14N8O6. The molecule has 2 aromatic carbocycles. The quantitative estimate of drug-likeness (QED) is 0.210. The summed E-state index contributed by atoms with van der Waals surface area (Å²) in [7, 11) is 0. The number of carbonyl (C=O) groups is 3. The zero-order valence-corrected chi connectivity index (χ0v) is 16.5. The normalized spacial score (nSPS) is 10.9. The van der Waals surface area contributed by atoms with Crippen LogP contribution in [0.2, 0.25) is 0 Å². The molecule has 4 aromatic rings. The Labute approximate surface area is 182 Å². The van der Waals surface area contributed by atoms with E-state index in [0.717, 1.165) is 10.6 Å². The molecule has 0 saturated carbocycles. The Bertz CT molecular complexity index is 1530. The summed E-state index contributed by atoms with van der Waals surface area (Å²) in [5, 5.41) is 21.8. The summed E-state index contributed by atoms with van der Waals surface area (Å²) in [5.74, 6) is -3.14. The molecule has 0 saturated heterocycles. The van der Waals surface area contributed by atoms with Crippen LogP contribution in [0.3, 0.4) is 0 Å². The molecule has 0 spiro atoms. The molecule has 0 fully saturated rings. The number of carboxylic acids is 1. The van der Waals surface area contributed by atoms with Crippen LogP contribution in [-0.4, -0.2) is 42.7 Å². The maximum Gasteiger partial charge on any atom is 0.354 e. The van der Waals surface area contributed by atoms with Crippen molar-refractivity contribution in [2.24, 2.45) is 5.73 Å². The largest absolute Gasteiger partial charge is 0.477 e. The van der Waals surface area contributed by atoms with Gasteiger partial charge in [-0.15, -0.1) is 5.10 Å². The van der Waals surface area contributed by atoms with Crippen LogP contribution in [0.1, 0.15) is 37.0 Å². The number of fused-ring (bicyclic) bond motifs is 1. The number of nitrogen functional groups attached to an aromatic ring is 1. The van der Waals surface area contributed by atoms with Crippen molar-refractivity contribution >= 4 is 40.5 Å². The van der Waals surface area contributed by atoms with Crippen LogP contribution in [0, 0.1) is 0 Å². The van der Waals surface area contributed by atoms with Gasteiger partial charge in [-0.25, -0.2) is 9.78 Å². The van der Waals surface area contributed by atoms with E-state index in [1.54, 1.807) is 24.3 Å². The van der Waals surface area contributed by atoms with Crippen molar-refractivity contribution in [2.75, 3.05) is 11.1 Å². The van der Waals surface area contributed by atoms with Crippen molar-refractivity contribution < 1.29 is 19.5 Å². The Morgan fingerprint density at radius 2 is 1.88 bits per heavy atom. The van der Waals surface area contributed by atoms with Gasteiger partial charge in [0.05, 0.1) is 0 Å². The average Bonchev–Trinajstić information content (AvgIpc) is 3.24. The molecule has 0 unspecified atom stereocenters. The minimum absolute atomic E-state index is 0.000407. The molecular weight excluding hydrogens is 436 g/mol. The molecule has 0 aliphatic heterocycles. The second-order valence-corrected chi connectivity index (χ2v) is 6.82. The minimum atomic E-state index is -1.42. The lowest BCUT2D eigenvalue weighted by molar-refractivity contribution is 0.0686. The monoisotopic (exact) mass is 450 g/mol. The summed E-state index contributed by atoms with van der Waals surface area (Å²) < 4.78 is 0.793. The highest BCUT2D eigenvalue weighted by atomic mass is 16.4. The summed E-state index contributed by atoms with van der Waals surface area (Å²) in [4.78, 5) is 62.4. The smallest absolute Gasteiger partial charge is 0.354 e. The highest BCUT2D eigenvalue weighted by Crippen LogP contribution is 2.19. The van der Waals surface area contributed by atoms with Gasteiger partial charge in [-0.05, 0) is 17.7 Å². The van der Waals surface area contributed by atoms with Crippen LogP contribution in [0.25, 0.3) is 5.65 Å². The minimum Gasteiger partial charge on any atom is -0.477 e. The second-order valence-electron chi connectivity index (χ2n) is 6.82. The molecule has 4 rings (SSSR count). The maximum atomic E-state index is 12.6. The Morgan fingerprint density at radius 3 is 2.55 bits per heavy atom. The number of nitrogens with two attached hydrogens (primary N) is 2. The van der Waals surface area contributed by atoms with Crippen molar-refractivity contribution in [3.05, 3.63) is 73.4 Å².